The Morgan fingerprint density at radius 1 is 1.25 bits per heavy atom. The van der Waals surface area contributed by atoms with Crippen LogP contribution in [0.2, 0.25) is 5.02 Å². The molecule has 1 amide bonds. The summed E-state index contributed by atoms with van der Waals surface area (Å²) in [6, 6.07) is 13.0. The summed E-state index contributed by atoms with van der Waals surface area (Å²) in [6.45, 7) is 0.377. The molecule has 0 unspecified atom stereocenters. The van der Waals surface area contributed by atoms with Crippen molar-refractivity contribution >= 4 is 34.9 Å². The molecule has 0 aliphatic rings. The van der Waals surface area contributed by atoms with Crippen LogP contribution in [0.15, 0.2) is 60.1 Å². The number of thiazole rings is 1. The maximum absolute atomic E-state index is 11.9. The summed E-state index contributed by atoms with van der Waals surface area (Å²) >= 11 is 7.42. The molecule has 0 fully saturated rings. The van der Waals surface area contributed by atoms with Gasteiger partial charge in [-0.15, -0.1) is 11.3 Å². The van der Waals surface area contributed by atoms with E-state index in [4.69, 9.17) is 11.6 Å². The zero-order valence-electron chi connectivity index (χ0n) is 12.6. The van der Waals surface area contributed by atoms with Crippen molar-refractivity contribution in [1.82, 2.24) is 15.3 Å². The average Bonchev–Trinajstić information content (AvgIpc) is 3.08. The van der Waals surface area contributed by atoms with E-state index in [-0.39, 0.29) is 5.91 Å². The van der Waals surface area contributed by atoms with Crippen molar-refractivity contribution in [3.8, 4) is 10.7 Å². The molecule has 120 valence electrons. The largest absolute Gasteiger partial charge is 0.347 e. The van der Waals surface area contributed by atoms with E-state index in [0.717, 1.165) is 22.0 Å². The smallest absolute Gasteiger partial charge is 0.244 e. The molecular weight excluding hydrogens is 342 g/mol. The van der Waals surface area contributed by atoms with Gasteiger partial charge in [0.1, 0.15) is 5.01 Å². The number of benzene rings is 1. The molecule has 0 radical (unpaired) electrons. The first-order chi connectivity index (χ1) is 11.7. The van der Waals surface area contributed by atoms with Crippen LogP contribution in [0.1, 0.15) is 11.3 Å². The summed E-state index contributed by atoms with van der Waals surface area (Å²) in [6.07, 6.45) is 4.94. The van der Waals surface area contributed by atoms with E-state index in [2.05, 4.69) is 15.3 Å². The minimum atomic E-state index is -0.178. The van der Waals surface area contributed by atoms with Crippen LogP contribution in [-0.2, 0) is 11.3 Å². The highest BCUT2D eigenvalue weighted by molar-refractivity contribution is 7.13. The number of nitrogens with zero attached hydrogens (tertiary/aromatic N) is 2. The van der Waals surface area contributed by atoms with Gasteiger partial charge in [-0.25, -0.2) is 4.98 Å². The van der Waals surface area contributed by atoms with Crippen molar-refractivity contribution in [2.24, 2.45) is 0 Å². The van der Waals surface area contributed by atoms with Crippen LogP contribution in [0.3, 0.4) is 0 Å². The zero-order chi connectivity index (χ0) is 16.8. The van der Waals surface area contributed by atoms with Crippen LogP contribution in [0, 0.1) is 0 Å². The Kier molecular flexibility index (Phi) is 5.36. The third kappa shape index (κ3) is 4.50. The Labute approximate surface area is 148 Å². The van der Waals surface area contributed by atoms with E-state index in [1.807, 2.05) is 35.7 Å². The second kappa shape index (κ2) is 7.86. The fourth-order valence-corrected chi connectivity index (χ4v) is 3.01. The molecule has 0 aliphatic carbocycles. The molecule has 2 aromatic heterocycles. The SMILES string of the molecule is O=C(/C=C/c1cccc(Cl)c1)NCc1csc(-c2ccccn2)n1. The van der Waals surface area contributed by atoms with Gasteiger partial charge in [0.15, 0.2) is 0 Å². The van der Waals surface area contributed by atoms with Gasteiger partial charge in [0, 0.05) is 22.7 Å². The molecule has 2 heterocycles. The molecule has 3 aromatic rings. The van der Waals surface area contributed by atoms with Crippen LogP contribution in [-0.4, -0.2) is 15.9 Å². The molecule has 24 heavy (non-hydrogen) atoms. The number of amides is 1. The molecule has 3 rings (SSSR count). The summed E-state index contributed by atoms with van der Waals surface area (Å²) in [7, 11) is 0. The highest BCUT2D eigenvalue weighted by Crippen LogP contribution is 2.21. The Morgan fingerprint density at radius 3 is 2.96 bits per heavy atom. The number of pyridine rings is 1. The number of carbonyl (C=O) groups is 1. The average molecular weight is 356 g/mol. The Hall–Kier alpha value is -2.50. The lowest BCUT2D eigenvalue weighted by Gasteiger charge is -1.99. The highest BCUT2D eigenvalue weighted by atomic mass is 35.5. The molecule has 0 spiro atoms. The molecule has 0 atom stereocenters. The fraction of sp³-hybridized carbons (Fsp3) is 0.0556. The van der Waals surface area contributed by atoms with E-state index in [1.165, 1.54) is 17.4 Å². The van der Waals surface area contributed by atoms with Crippen molar-refractivity contribution in [3.05, 3.63) is 76.4 Å². The molecule has 1 N–H and O–H groups in total. The summed E-state index contributed by atoms with van der Waals surface area (Å²) in [5.41, 5.74) is 2.52. The zero-order valence-corrected chi connectivity index (χ0v) is 14.2. The van der Waals surface area contributed by atoms with Crippen molar-refractivity contribution < 1.29 is 4.79 Å². The minimum absolute atomic E-state index is 0.178. The Morgan fingerprint density at radius 2 is 2.17 bits per heavy atom. The first kappa shape index (κ1) is 16.4. The molecule has 6 heteroatoms. The number of hydrogen-bond acceptors (Lipinski definition) is 4. The third-order valence-electron chi connectivity index (χ3n) is 3.16. The van der Waals surface area contributed by atoms with Gasteiger partial charge in [-0.3, -0.25) is 9.78 Å². The molecule has 0 bridgehead atoms. The van der Waals surface area contributed by atoms with Crippen molar-refractivity contribution in [2.75, 3.05) is 0 Å². The Bertz CT molecular complexity index is 861. The fourth-order valence-electron chi connectivity index (χ4n) is 2.01. The quantitative estimate of drug-likeness (QED) is 0.698. The first-order valence-electron chi connectivity index (χ1n) is 7.28. The molecule has 0 saturated heterocycles. The molecular formula is C18H14ClN3OS. The van der Waals surface area contributed by atoms with Crippen LogP contribution < -0.4 is 5.32 Å². The predicted octanol–water partition coefficient (Wildman–Crippen LogP) is 4.19. The summed E-state index contributed by atoms with van der Waals surface area (Å²) < 4.78 is 0. The van der Waals surface area contributed by atoms with Crippen LogP contribution >= 0.6 is 22.9 Å². The summed E-state index contributed by atoms with van der Waals surface area (Å²) in [5, 5.41) is 6.22. The summed E-state index contributed by atoms with van der Waals surface area (Å²) in [4.78, 5) is 20.6. The molecule has 0 aliphatic heterocycles. The van der Waals surface area contributed by atoms with Crippen LogP contribution in [0.5, 0.6) is 0 Å². The monoisotopic (exact) mass is 355 g/mol. The molecule has 1 aromatic carbocycles. The number of halogens is 1. The topological polar surface area (TPSA) is 54.9 Å². The molecule has 0 saturated carbocycles. The number of rotatable bonds is 5. The number of carbonyl (C=O) groups excluding carboxylic acids is 1. The maximum atomic E-state index is 11.9. The standard InChI is InChI=1S/C18H14ClN3OS/c19-14-5-3-4-13(10-14)7-8-17(23)21-11-15-12-24-18(22-15)16-6-1-2-9-20-16/h1-10,12H,11H2,(H,21,23)/b8-7+. The van der Waals surface area contributed by atoms with Gasteiger partial charge in [0.25, 0.3) is 0 Å². The lowest BCUT2D eigenvalue weighted by atomic mass is 10.2. The molecule has 4 nitrogen and oxygen atoms in total. The summed E-state index contributed by atoms with van der Waals surface area (Å²) in [5.74, 6) is -0.178. The highest BCUT2D eigenvalue weighted by Gasteiger charge is 2.06. The van der Waals surface area contributed by atoms with Crippen molar-refractivity contribution in [3.63, 3.8) is 0 Å². The first-order valence-corrected chi connectivity index (χ1v) is 8.54. The van der Waals surface area contributed by atoms with E-state index in [1.54, 1.807) is 24.4 Å². The van der Waals surface area contributed by atoms with Gasteiger partial charge in [0.05, 0.1) is 17.9 Å². The normalized spacial score (nSPS) is 10.9. The number of nitrogens with one attached hydrogen (secondary N) is 1. The maximum Gasteiger partial charge on any atom is 0.244 e. The van der Waals surface area contributed by atoms with E-state index >= 15 is 0 Å². The van der Waals surface area contributed by atoms with Crippen molar-refractivity contribution in [2.45, 2.75) is 6.54 Å². The van der Waals surface area contributed by atoms with Gasteiger partial charge in [-0.2, -0.15) is 0 Å². The third-order valence-corrected chi connectivity index (χ3v) is 4.30. The van der Waals surface area contributed by atoms with E-state index in [0.29, 0.717) is 11.6 Å². The van der Waals surface area contributed by atoms with E-state index < -0.39 is 0 Å². The van der Waals surface area contributed by atoms with Gasteiger partial charge in [0.2, 0.25) is 5.91 Å². The van der Waals surface area contributed by atoms with Crippen LogP contribution in [0.4, 0.5) is 0 Å². The second-order valence-corrected chi connectivity index (χ2v) is 6.26. The van der Waals surface area contributed by atoms with Gasteiger partial charge >= 0.3 is 0 Å². The van der Waals surface area contributed by atoms with Crippen molar-refractivity contribution in [1.29, 1.82) is 0 Å². The number of hydrogen-bond donors (Lipinski definition) is 1. The Balaban J connectivity index is 1.56. The van der Waals surface area contributed by atoms with Gasteiger partial charge in [-0.05, 0) is 35.9 Å². The van der Waals surface area contributed by atoms with Crippen LogP contribution in [0.25, 0.3) is 16.8 Å². The lowest BCUT2D eigenvalue weighted by molar-refractivity contribution is -0.116. The van der Waals surface area contributed by atoms with Gasteiger partial charge < -0.3 is 5.32 Å². The number of aromatic nitrogens is 2. The predicted molar refractivity (Wildman–Crippen MR) is 97.7 cm³/mol. The van der Waals surface area contributed by atoms with E-state index in [9.17, 15) is 4.79 Å². The lowest BCUT2D eigenvalue weighted by Crippen LogP contribution is -2.20. The van der Waals surface area contributed by atoms with Gasteiger partial charge in [-0.1, -0.05) is 29.8 Å². The second-order valence-electron chi connectivity index (χ2n) is 4.97. The minimum Gasteiger partial charge on any atom is -0.347 e.